The van der Waals surface area contributed by atoms with Crippen LogP contribution in [0.3, 0.4) is 0 Å². The van der Waals surface area contributed by atoms with Crippen LogP contribution in [0.1, 0.15) is 38.9 Å². The smallest absolute Gasteiger partial charge is 0.115 e. The van der Waals surface area contributed by atoms with Crippen molar-refractivity contribution in [3.8, 4) is 16.9 Å². The van der Waals surface area contributed by atoms with Crippen LogP contribution in [0, 0.1) is 6.92 Å². The molecule has 0 aromatic heterocycles. The van der Waals surface area contributed by atoms with Crippen LogP contribution in [-0.4, -0.2) is 5.11 Å². The molecular weight excluding hydrogens is 352 g/mol. The SMILES string of the molecule is Cc1ccccc1Cc1ccc2c(c1Cc1ccc(O)cc1)Cc1ccccc1-2. The zero-order valence-electron chi connectivity index (χ0n) is 16.7. The summed E-state index contributed by atoms with van der Waals surface area (Å²) in [6.07, 6.45) is 2.84. The average molecular weight is 376 g/mol. The summed E-state index contributed by atoms with van der Waals surface area (Å²) in [7, 11) is 0. The zero-order valence-corrected chi connectivity index (χ0v) is 16.7. The molecule has 0 aliphatic heterocycles. The van der Waals surface area contributed by atoms with Gasteiger partial charge in [0, 0.05) is 0 Å². The summed E-state index contributed by atoms with van der Waals surface area (Å²) in [5.41, 5.74) is 12.4. The van der Waals surface area contributed by atoms with Gasteiger partial charge in [0.25, 0.3) is 0 Å². The minimum absolute atomic E-state index is 0.319. The Hall–Kier alpha value is -3.32. The monoisotopic (exact) mass is 376 g/mol. The van der Waals surface area contributed by atoms with Gasteiger partial charge in [-0.1, -0.05) is 72.8 Å². The van der Waals surface area contributed by atoms with Gasteiger partial charge in [-0.25, -0.2) is 0 Å². The molecule has 5 rings (SSSR count). The molecule has 0 saturated carbocycles. The highest BCUT2D eigenvalue weighted by atomic mass is 16.3. The Balaban J connectivity index is 1.62. The molecule has 0 saturated heterocycles. The van der Waals surface area contributed by atoms with Gasteiger partial charge < -0.3 is 5.11 Å². The van der Waals surface area contributed by atoms with E-state index in [2.05, 4.69) is 67.6 Å². The van der Waals surface area contributed by atoms with Crippen molar-refractivity contribution in [3.63, 3.8) is 0 Å². The summed E-state index contributed by atoms with van der Waals surface area (Å²) in [6, 6.07) is 29.7. The van der Waals surface area contributed by atoms with E-state index in [1.54, 1.807) is 12.1 Å². The second kappa shape index (κ2) is 7.25. The first-order valence-corrected chi connectivity index (χ1v) is 10.2. The molecule has 0 fully saturated rings. The van der Waals surface area contributed by atoms with E-state index in [1.165, 1.54) is 50.1 Å². The molecule has 29 heavy (non-hydrogen) atoms. The molecule has 0 radical (unpaired) electrons. The van der Waals surface area contributed by atoms with Gasteiger partial charge in [0.15, 0.2) is 0 Å². The zero-order chi connectivity index (χ0) is 19.8. The van der Waals surface area contributed by atoms with E-state index in [-0.39, 0.29) is 0 Å². The minimum atomic E-state index is 0.319. The number of phenols is 1. The lowest BCUT2D eigenvalue weighted by Crippen LogP contribution is -2.03. The number of rotatable bonds is 4. The van der Waals surface area contributed by atoms with Crippen molar-refractivity contribution in [2.45, 2.75) is 26.2 Å². The van der Waals surface area contributed by atoms with Crippen LogP contribution in [0.4, 0.5) is 0 Å². The molecule has 0 atom stereocenters. The molecule has 1 heteroatoms. The van der Waals surface area contributed by atoms with Gasteiger partial charge in [0.05, 0.1) is 0 Å². The van der Waals surface area contributed by atoms with E-state index in [0.717, 1.165) is 19.3 Å². The Kier molecular flexibility index (Phi) is 4.44. The fourth-order valence-corrected chi connectivity index (χ4v) is 4.54. The van der Waals surface area contributed by atoms with Gasteiger partial charge in [-0.2, -0.15) is 0 Å². The van der Waals surface area contributed by atoms with Gasteiger partial charge >= 0.3 is 0 Å². The molecule has 0 unspecified atom stereocenters. The second-order valence-corrected chi connectivity index (χ2v) is 8.01. The summed E-state index contributed by atoms with van der Waals surface area (Å²) in [4.78, 5) is 0. The van der Waals surface area contributed by atoms with Crippen LogP contribution in [0.15, 0.2) is 84.9 Å². The number of benzene rings is 4. The molecule has 0 bridgehead atoms. The number of phenolic OH excluding ortho intramolecular Hbond substituents is 1. The topological polar surface area (TPSA) is 20.2 Å². The molecular formula is C28H24O. The Bertz CT molecular complexity index is 1190. The van der Waals surface area contributed by atoms with Crippen LogP contribution < -0.4 is 0 Å². The number of hydrogen-bond donors (Lipinski definition) is 1. The maximum atomic E-state index is 9.68. The summed E-state index contributed by atoms with van der Waals surface area (Å²) >= 11 is 0. The number of aromatic hydroxyl groups is 1. The standard InChI is InChI=1S/C28H24O/c1-19-6-2-3-7-21(19)17-23-12-15-26-25-9-5-4-8-22(25)18-28(26)27(23)16-20-10-13-24(29)14-11-20/h2-15,29H,16-18H2,1H3. The fourth-order valence-electron chi connectivity index (χ4n) is 4.54. The maximum absolute atomic E-state index is 9.68. The molecule has 1 aliphatic rings. The van der Waals surface area contributed by atoms with Crippen LogP contribution >= 0.6 is 0 Å². The van der Waals surface area contributed by atoms with Crippen LogP contribution in [0.2, 0.25) is 0 Å². The number of fused-ring (bicyclic) bond motifs is 3. The lowest BCUT2D eigenvalue weighted by molar-refractivity contribution is 0.475. The molecule has 1 aliphatic carbocycles. The molecule has 1 nitrogen and oxygen atoms in total. The van der Waals surface area contributed by atoms with Gasteiger partial charge in [-0.3, -0.25) is 0 Å². The van der Waals surface area contributed by atoms with Crippen molar-refractivity contribution in [2.24, 2.45) is 0 Å². The molecule has 4 aromatic rings. The normalized spacial score (nSPS) is 11.9. The Morgan fingerprint density at radius 1 is 0.690 bits per heavy atom. The van der Waals surface area contributed by atoms with Gasteiger partial charge in [-0.15, -0.1) is 0 Å². The van der Waals surface area contributed by atoms with E-state index in [9.17, 15) is 5.11 Å². The molecule has 4 aromatic carbocycles. The van der Waals surface area contributed by atoms with Crippen molar-refractivity contribution >= 4 is 0 Å². The first kappa shape index (κ1) is 17.8. The van der Waals surface area contributed by atoms with Crippen LogP contribution in [0.25, 0.3) is 11.1 Å². The van der Waals surface area contributed by atoms with Crippen LogP contribution in [0.5, 0.6) is 5.75 Å². The Morgan fingerprint density at radius 3 is 2.28 bits per heavy atom. The summed E-state index contributed by atoms with van der Waals surface area (Å²) in [5, 5.41) is 9.68. The summed E-state index contributed by atoms with van der Waals surface area (Å²) in [6.45, 7) is 2.19. The molecule has 0 heterocycles. The maximum Gasteiger partial charge on any atom is 0.115 e. The van der Waals surface area contributed by atoms with E-state index in [0.29, 0.717) is 5.75 Å². The van der Waals surface area contributed by atoms with Gasteiger partial charge in [0.1, 0.15) is 5.75 Å². The van der Waals surface area contributed by atoms with E-state index >= 15 is 0 Å². The van der Waals surface area contributed by atoms with Crippen molar-refractivity contribution in [3.05, 3.63) is 124 Å². The largest absolute Gasteiger partial charge is 0.508 e. The predicted octanol–water partition coefficient (Wildman–Crippen LogP) is 6.45. The third kappa shape index (κ3) is 3.34. The first-order chi connectivity index (χ1) is 14.2. The predicted molar refractivity (Wildman–Crippen MR) is 120 cm³/mol. The van der Waals surface area contributed by atoms with Crippen molar-refractivity contribution in [1.29, 1.82) is 0 Å². The Morgan fingerprint density at radius 2 is 1.45 bits per heavy atom. The third-order valence-electron chi connectivity index (χ3n) is 6.16. The molecule has 1 N–H and O–H groups in total. The Labute approximate surface area is 172 Å². The third-order valence-corrected chi connectivity index (χ3v) is 6.16. The van der Waals surface area contributed by atoms with E-state index in [4.69, 9.17) is 0 Å². The lowest BCUT2D eigenvalue weighted by atomic mass is 9.88. The second-order valence-electron chi connectivity index (χ2n) is 8.01. The lowest BCUT2D eigenvalue weighted by Gasteiger charge is -2.16. The quantitative estimate of drug-likeness (QED) is 0.382. The highest BCUT2D eigenvalue weighted by Gasteiger charge is 2.23. The fraction of sp³-hybridized carbons (Fsp3) is 0.143. The highest BCUT2D eigenvalue weighted by Crippen LogP contribution is 2.40. The van der Waals surface area contributed by atoms with Crippen molar-refractivity contribution in [1.82, 2.24) is 0 Å². The number of aryl methyl sites for hydroxylation is 1. The minimum Gasteiger partial charge on any atom is -0.508 e. The number of hydrogen-bond acceptors (Lipinski definition) is 1. The average Bonchev–Trinajstić information content (AvgIpc) is 3.12. The molecule has 142 valence electrons. The van der Waals surface area contributed by atoms with Crippen molar-refractivity contribution in [2.75, 3.05) is 0 Å². The molecule has 0 spiro atoms. The first-order valence-electron chi connectivity index (χ1n) is 10.2. The summed E-state index contributed by atoms with van der Waals surface area (Å²) in [5.74, 6) is 0.319. The van der Waals surface area contributed by atoms with Crippen LogP contribution in [-0.2, 0) is 19.3 Å². The van der Waals surface area contributed by atoms with E-state index in [1.807, 2.05) is 12.1 Å². The summed E-state index contributed by atoms with van der Waals surface area (Å²) < 4.78 is 0. The van der Waals surface area contributed by atoms with Gasteiger partial charge in [0.2, 0.25) is 0 Å². The highest BCUT2D eigenvalue weighted by molar-refractivity contribution is 5.78. The van der Waals surface area contributed by atoms with Crippen molar-refractivity contribution < 1.29 is 5.11 Å². The van der Waals surface area contributed by atoms with Gasteiger partial charge in [-0.05, 0) is 88.4 Å². The molecule has 0 amide bonds. The van der Waals surface area contributed by atoms with E-state index < -0.39 is 0 Å².